The van der Waals surface area contributed by atoms with Crippen LogP contribution in [0.2, 0.25) is 0 Å². The highest BCUT2D eigenvalue weighted by Crippen LogP contribution is 2.30. The number of hydrogen-bond donors (Lipinski definition) is 1. The third-order valence-corrected chi connectivity index (χ3v) is 4.87. The number of Topliss-reactive ketones (excluding diaryl/α,β-unsaturated/α-hetero) is 1. The quantitative estimate of drug-likeness (QED) is 0.625. The van der Waals surface area contributed by atoms with Gasteiger partial charge in [0.2, 0.25) is 6.17 Å². The molecule has 2 aromatic rings. The Morgan fingerprint density at radius 1 is 1.00 bits per heavy atom. The van der Waals surface area contributed by atoms with E-state index in [1.54, 1.807) is 31.2 Å². The average molecular weight is 383 g/mol. The summed E-state index contributed by atoms with van der Waals surface area (Å²) >= 11 is 0. The molecule has 144 valence electrons. The van der Waals surface area contributed by atoms with E-state index in [0.717, 1.165) is 0 Å². The number of carbonyl (C=O) groups is 1. The van der Waals surface area contributed by atoms with Crippen LogP contribution >= 0.6 is 0 Å². The summed E-state index contributed by atoms with van der Waals surface area (Å²) in [5.74, 6) is -0.622. The molecule has 0 aliphatic carbocycles. The molecule has 1 heterocycles. The molecule has 0 aromatic heterocycles. The summed E-state index contributed by atoms with van der Waals surface area (Å²) in [6, 6.07) is 12.0. The van der Waals surface area contributed by atoms with E-state index < -0.39 is 28.0 Å². The summed E-state index contributed by atoms with van der Waals surface area (Å²) in [6.45, 7) is 3.21. The maximum absolute atomic E-state index is 12.3. The lowest BCUT2D eigenvalue weighted by atomic mass is 9.84. The van der Waals surface area contributed by atoms with Crippen LogP contribution in [-0.4, -0.2) is 21.3 Å². The Morgan fingerprint density at radius 3 is 2.07 bits per heavy atom. The Morgan fingerprint density at radius 2 is 1.54 bits per heavy atom. The number of quaternary nitrogens is 1. The lowest BCUT2D eigenvalue weighted by Gasteiger charge is -2.31. The van der Waals surface area contributed by atoms with Crippen LogP contribution in [0.5, 0.6) is 0 Å². The second kappa shape index (κ2) is 7.65. The van der Waals surface area contributed by atoms with Gasteiger partial charge in [-0.15, -0.1) is 0 Å². The van der Waals surface area contributed by atoms with Crippen LogP contribution in [0.1, 0.15) is 37.2 Å². The van der Waals surface area contributed by atoms with E-state index in [-0.39, 0.29) is 17.2 Å². The standard InChI is InChI=1S/C19H18N4O5/c1-11-17(12(2)24)18(13-5-3-7-15(9-13)22(25)26)21-19(20-11)14-6-4-8-16(10-14)23(27)28/h3-10,17-19,21H,1-2H3/p+1/t17?,18-,19-/m1/s1. The molecule has 1 aliphatic rings. The minimum Gasteiger partial charge on any atom is -0.314 e. The molecule has 0 fully saturated rings. The molecule has 3 atom stereocenters. The first kappa shape index (κ1) is 19.3. The molecule has 0 bridgehead atoms. The first-order valence-corrected chi connectivity index (χ1v) is 8.66. The Labute approximate surface area is 160 Å². The van der Waals surface area contributed by atoms with Crippen molar-refractivity contribution >= 4 is 22.9 Å². The molecule has 0 radical (unpaired) electrons. The number of hydrogen-bond acceptors (Lipinski definition) is 6. The minimum absolute atomic E-state index is 0.0423. The van der Waals surface area contributed by atoms with E-state index >= 15 is 0 Å². The molecule has 0 saturated carbocycles. The summed E-state index contributed by atoms with van der Waals surface area (Å²) in [5.41, 5.74) is 1.77. The van der Waals surface area contributed by atoms with E-state index in [0.29, 0.717) is 16.8 Å². The van der Waals surface area contributed by atoms with Crippen molar-refractivity contribution in [2.45, 2.75) is 26.1 Å². The molecule has 28 heavy (non-hydrogen) atoms. The van der Waals surface area contributed by atoms with Gasteiger partial charge in [0.15, 0.2) is 0 Å². The monoisotopic (exact) mass is 383 g/mol. The second-order valence-corrected chi connectivity index (χ2v) is 6.73. The van der Waals surface area contributed by atoms with Crippen molar-refractivity contribution in [3.63, 3.8) is 0 Å². The molecule has 2 aromatic carbocycles. The lowest BCUT2D eigenvalue weighted by molar-refractivity contribution is -0.738. The fourth-order valence-corrected chi connectivity index (χ4v) is 3.61. The molecule has 9 heteroatoms. The van der Waals surface area contributed by atoms with Crippen molar-refractivity contribution < 1.29 is 20.0 Å². The van der Waals surface area contributed by atoms with Crippen LogP contribution in [0.3, 0.4) is 0 Å². The molecular weight excluding hydrogens is 364 g/mol. The van der Waals surface area contributed by atoms with Crippen molar-refractivity contribution in [3.05, 3.63) is 79.9 Å². The zero-order chi connectivity index (χ0) is 20.4. The number of nitro groups is 2. The topological polar surface area (TPSA) is 132 Å². The van der Waals surface area contributed by atoms with E-state index in [2.05, 4.69) is 4.99 Å². The van der Waals surface area contributed by atoms with Crippen molar-refractivity contribution in [2.24, 2.45) is 10.9 Å². The number of aliphatic imine (C=N–C) groups is 1. The van der Waals surface area contributed by atoms with Gasteiger partial charge in [-0.3, -0.25) is 25.0 Å². The normalized spacial score (nSPS) is 21.6. The molecule has 0 spiro atoms. The van der Waals surface area contributed by atoms with Gasteiger partial charge < -0.3 is 5.32 Å². The highest BCUT2D eigenvalue weighted by molar-refractivity contribution is 6.04. The van der Waals surface area contributed by atoms with Gasteiger partial charge >= 0.3 is 0 Å². The molecule has 1 aliphatic heterocycles. The number of non-ortho nitro benzene ring substituents is 2. The van der Waals surface area contributed by atoms with Gasteiger partial charge in [-0.1, -0.05) is 24.3 Å². The largest absolute Gasteiger partial charge is 0.314 e. The Bertz CT molecular complexity index is 988. The van der Waals surface area contributed by atoms with E-state index in [1.165, 1.54) is 31.2 Å². The summed E-state index contributed by atoms with van der Waals surface area (Å²) in [7, 11) is 0. The smallest absolute Gasteiger partial charge is 0.270 e. The van der Waals surface area contributed by atoms with Crippen LogP contribution in [-0.2, 0) is 4.79 Å². The van der Waals surface area contributed by atoms with E-state index in [9.17, 15) is 25.0 Å². The molecule has 9 nitrogen and oxygen atoms in total. The number of nitrogens with two attached hydrogens (primary N) is 1. The van der Waals surface area contributed by atoms with E-state index in [4.69, 9.17) is 0 Å². The van der Waals surface area contributed by atoms with Crippen LogP contribution < -0.4 is 5.32 Å². The van der Waals surface area contributed by atoms with Gasteiger partial charge in [0.25, 0.3) is 11.4 Å². The molecule has 0 amide bonds. The Balaban J connectivity index is 2.05. The second-order valence-electron chi connectivity index (χ2n) is 6.73. The SMILES string of the molecule is CC(=O)C1C(C)=N[C@@H](c2cccc([N+](=O)[O-])c2)[NH2+][C@@H]1c1cccc([N+](=O)[O-])c1. The average Bonchev–Trinajstić information content (AvgIpc) is 2.67. The molecular formula is C19H19N4O5+. The number of rotatable bonds is 5. The van der Waals surface area contributed by atoms with Gasteiger partial charge in [-0.2, -0.15) is 0 Å². The number of ketones is 1. The molecule has 1 unspecified atom stereocenters. The highest BCUT2D eigenvalue weighted by atomic mass is 16.6. The first-order chi connectivity index (χ1) is 13.3. The Kier molecular flexibility index (Phi) is 5.27. The fourth-order valence-electron chi connectivity index (χ4n) is 3.61. The lowest BCUT2D eigenvalue weighted by Crippen LogP contribution is -2.89. The van der Waals surface area contributed by atoms with Crippen molar-refractivity contribution in [2.75, 3.05) is 0 Å². The highest BCUT2D eigenvalue weighted by Gasteiger charge is 2.39. The minimum atomic E-state index is -0.531. The van der Waals surface area contributed by atoms with Gasteiger partial charge in [0, 0.05) is 41.1 Å². The van der Waals surface area contributed by atoms with Crippen LogP contribution in [0, 0.1) is 26.1 Å². The third kappa shape index (κ3) is 3.79. The Hall–Kier alpha value is -3.46. The zero-order valence-electron chi connectivity index (χ0n) is 15.3. The van der Waals surface area contributed by atoms with E-state index in [1.807, 2.05) is 5.32 Å². The summed E-state index contributed by atoms with van der Waals surface area (Å²) < 4.78 is 0. The van der Waals surface area contributed by atoms with Gasteiger partial charge in [-0.25, -0.2) is 4.99 Å². The molecule has 3 rings (SSSR count). The molecule has 0 saturated heterocycles. The predicted octanol–water partition coefficient (Wildman–Crippen LogP) is 2.49. The summed E-state index contributed by atoms with van der Waals surface area (Å²) in [6.07, 6.45) is -0.486. The van der Waals surface area contributed by atoms with Crippen LogP contribution in [0.25, 0.3) is 0 Å². The maximum atomic E-state index is 12.3. The van der Waals surface area contributed by atoms with Crippen molar-refractivity contribution in [1.82, 2.24) is 0 Å². The summed E-state index contributed by atoms with van der Waals surface area (Å²) in [4.78, 5) is 38.1. The van der Waals surface area contributed by atoms with Crippen LogP contribution in [0.4, 0.5) is 11.4 Å². The third-order valence-electron chi connectivity index (χ3n) is 4.87. The first-order valence-electron chi connectivity index (χ1n) is 8.66. The maximum Gasteiger partial charge on any atom is 0.270 e. The predicted molar refractivity (Wildman–Crippen MR) is 101 cm³/mol. The zero-order valence-corrected chi connectivity index (χ0v) is 15.3. The fraction of sp³-hybridized carbons (Fsp3) is 0.263. The van der Waals surface area contributed by atoms with Crippen molar-refractivity contribution in [3.8, 4) is 0 Å². The molecule has 2 N–H and O–H groups in total. The number of benzene rings is 2. The summed E-state index contributed by atoms with van der Waals surface area (Å²) in [5, 5.41) is 24.1. The van der Waals surface area contributed by atoms with Crippen molar-refractivity contribution in [1.29, 1.82) is 0 Å². The van der Waals surface area contributed by atoms with Gasteiger partial charge in [-0.05, 0) is 13.8 Å². The number of nitro benzene ring substituents is 2. The van der Waals surface area contributed by atoms with Crippen LogP contribution in [0.15, 0.2) is 53.5 Å². The number of carbonyl (C=O) groups excluding carboxylic acids is 1. The van der Waals surface area contributed by atoms with Gasteiger partial charge in [0.1, 0.15) is 17.7 Å². The number of nitrogens with zero attached hydrogens (tertiary/aromatic N) is 3. The van der Waals surface area contributed by atoms with Gasteiger partial charge in [0.05, 0.1) is 9.85 Å².